The first-order valence-corrected chi connectivity index (χ1v) is 13.8. The number of H-pyrrole nitrogens is 2. The minimum Gasteiger partial charge on any atom is -0.444 e. The maximum absolute atomic E-state index is 13.2. The Hall–Kier alpha value is -4.12. The molecule has 11 heteroatoms. The Morgan fingerprint density at radius 1 is 1.02 bits per heavy atom. The number of amides is 2. The van der Waals surface area contributed by atoms with E-state index in [2.05, 4.69) is 42.8 Å². The minimum atomic E-state index is -0.547. The van der Waals surface area contributed by atoms with Gasteiger partial charge in [0, 0.05) is 41.8 Å². The van der Waals surface area contributed by atoms with E-state index in [1.807, 2.05) is 39.0 Å². The molecule has 0 unspecified atom stereocenters. The zero-order valence-corrected chi connectivity index (χ0v) is 23.0. The molecular formula is C29H35N7O4. The van der Waals surface area contributed by atoms with Gasteiger partial charge in [-0.15, -0.1) is 0 Å². The molecule has 0 bridgehead atoms. The Balaban J connectivity index is 1.16. The number of nitrogens with zero attached hydrogens (tertiary/aromatic N) is 3. The summed E-state index contributed by atoms with van der Waals surface area (Å²) in [6.07, 6.45) is 1.81. The van der Waals surface area contributed by atoms with Crippen molar-refractivity contribution in [2.24, 2.45) is 0 Å². The van der Waals surface area contributed by atoms with E-state index in [0.29, 0.717) is 23.5 Å². The maximum Gasteiger partial charge on any atom is 0.407 e. The zero-order chi connectivity index (χ0) is 27.9. The number of carbonyl (C=O) groups excluding carboxylic acids is 2. The number of alkyl carbamates (subject to hydrolysis) is 1. The third-order valence-electron chi connectivity index (χ3n) is 7.38. The van der Waals surface area contributed by atoms with Gasteiger partial charge in [0.05, 0.1) is 29.8 Å². The maximum atomic E-state index is 13.2. The first-order valence-electron chi connectivity index (χ1n) is 13.8. The Labute approximate surface area is 232 Å². The summed E-state index contributed by atoms with van der Waals surface area (Å²) in [4.78, 5) is 35.8. The van der Waals surface area contributed by atoms with Crippen LogP contribution in [-0.2, 0) is 9.47 Å². The van der Waals surface area contributed by atoms with Crippen molar-refractivity contribution in [2.75, 3.05) is 31.2 Å². The van der Waals surface area contributed by atoms with Gasteiger partial charge in [-0.3, -0.25) is 9.89 Å². The fourth-order valence-electron chi connectivity index (χ4n) is 5.45. The van der Waals surface area contributed by atoms with Crippen molar-refractivity contribution in [3.63, 3.8) is 0 Å². The number of rotatable bonds is 5. The highest BCUT2D eigenvalue weighted by Gasteiger charge is 2.29. The van der Waals surface area contributed by atoms with Gasteiger partial charge >= 0.3 is 6.09 Å². The number of benzene rings is 2. The average Bonchev–Trinajstić information content (AvgIpc) is 3.65. The molecule has 2 aliphatic rings. The van der Waals surface area contributed by atoms with Crippen LogP contribution in [0.2, 0.25) is 0 Å². The molecule has 1 aliphatic carbocycles. The van der Waals surface area contributed by atoms with Crippen LogP contribution in [0.3, 0.4) is 0 Å². The highest BCUT2D eigenvalue weighted by molar-refractivity contribution is 6.01. The quantitative estimate of drug-likeness (QED) is 0.296. The van der Waals surface area contributed by atoms with E-state index >= 15 is 0 Å². The van der Waals surface area contributed by atoms with Crippen molar-refractivity contribution in [3.8, 4) is 11.5 Å². The molecule has 2 aromatic heterocycles. The number of aromatic amines is 2. The van der Waals surface area contributed by atoms with E-state index in [9.17, 15) is 9.59 Å². The van der Waals surface area contributed by atoms with Gasteiger partial charge in [-0.2, -0.15) is 5.10 Å². The average molecular weight is 546 g/mol. The second-order valence-electron chi connectivity index (χ2n) is 11.5. The van der Waals surface area contributed by atoms with E-state index in [4.69, 9.17) is 14.5 Å². The van der Waals surface area contributed by atoms with E-state index in [1.54, 1.807) is 6.07 Å². The number of fused-ring (bicyclic) bond motifs is 2. The topological polar surface area (TPSA) is 137 Å². The second-order valence-corrected chi connectivity index (χ2v) is 11.5. The van der Waals surface area contributed by atoms with Gasteiger partial charge in [0.2, 0.25) is 0 Å². The smallest absolute Gasteiger partial charge is 0.407 e. The van der Waals surface area contributed by atoms with Crippen molar-refractivity contribution in [2.45, 2.75) is 57.7 Å². The van der Waals surface area contributed by atoms with Gasteiger partial charge in [-0.25, -0.2) is 9.78 Å². The number of carbonyl (C=O) groups is 2. The van der Waals surface area contributed by atoms with Crippen LogP contribution < -0.4 is 15.5 Å². The molecule has 1 saturated carbocycles. The highest BCUT2D eigenvalue weighted by Crippen LogP contribution is 2.29. The lowest BCUT2D eigenvalue weighted by Gasteiger charge is -2.28. The summed E-state index contributed by atoms with van der Waals surface area (Å²) < 4.78 is 10.8. The minimum absolute atomic E-state index is 0.0250. The van der Waals surface area contributed by atoms with Crippen LogP contribution in [-0.4, -0.2) is 76.2 Å². The van der Waals surface area contributed by atoms with Crippen LogP contribution in [0.4, 0.5) is 10.5 Å². The van der Waals surface area contributed by atoms with Crippen molar-refractivity contribution in [1.29, 1.82) is 0 Å². The molecule has 1 saturated heterocycles. The number of anilines is 1. The molecule has 11 nitrogen and oxygen atoms in total. The van der Waals surface area contributed by atoms with Gasteiger partial charge in [-0.1, -0.05) is 0 Å². The number of hydrogen-bond donors (Lipinski definition) is 4. The second kappa shape index (κ2) is 10.5. The molecule has 2 aromatic carbocycles. The SMILES string of the molecule is CC(C)(C)OC(=O)N[C@H]1CC[C@H](NC(=O)c2ccc3[nH]nc(-c4nc5ccc(N6CCOCC6)cc5[nH]4)c3c2)C1. The van der Waals surface area contributed by atoms with Crippen molar-refractivity contribution >= 4 is 39.6 Å². The number of aromatic nitrogens is 4. The predicted octanol–water partition coefficient (Wildman–Crippen LogP) is 4.12. The summed E-state index contributed by atoms with van der Waals surface area (Å²) in [6, 6.07) is 11.7. The third kappa shape index (κ3) is 5.60. The molecule has 4 N–H and O–H groups in total. The molecule has 6 rings (SSSR count). The van der Waals surface area contributed by atoms with Crippen molar-refractivity contribution < 1.29 is 19.1 Å². The van der Waals surface area contributed by atoms with Crippen LogP contribution in [0.15, 0.2) is 36.4 Å². The fourth-order valence-corrected chi connectivity index (χ4v) is 5.45. The molecular weight excluding hydrogens is 510 g/mol. The number of nitrogens with one attached hydrogen (secondary N) is 4. The zero-order valence-electron chi connectivity index (χ0n) is 23.0. The summed E-state index contributed by atoms with van der Waals surface area (Å²) in [6.45, 7) is 8.69. The Bertz CT molecular complexity index is 1550. The largest absolute Gasteiger partial charge is 0.444 e. The Morgan fingerprint density at radius 3 is 2.58 bits per heavy atom. The molecule has 40 heavy (non-hydrogen) atoms. The Kier molecular flexibility index (Phi) is 6.83. The van der Waals surface area contributed by atoms with Crippen molar-refractivity contribution in [3.05, 3.63) is 42.0 Å². The van der Waals surface area contributed by atoms with Gasteiger partial charge in [-0.05, 0) is 76.4 Å². The molecule has 2 amide bonds. The number of imidazole rings is 1. The summed E-state index contributed by atoms with van der Waals surface area (Å²) in [5.74, 6) is 0.488. The van der Waals surface area contributed by atoms with Crippen LogP contribution in [0.1, 0.15) is 50.4 Å². The standard InChI is InChI=1S/C29H35N7O4/c1-29(2,3)40-28(38)31-19-6-5-18(15-19)30-27(37)17-4-8-22-21(14-17)25(35-34-22)26-32-23-9-7-20(16-24(23)33-26)36-10-12-39-13-11-36/h4,7-9,14,16,18-19H,5-6,10-13,15H2,1-3H3,(H,30,37)(H,31,38)(H,32,33)(H,34,35)/t18-,19-/m0/s1. The van der Waals surface area contributed by atoms with Crippen LogP contribution in [0.5, 0.6) is 0 Å². The van der Waals surface area contributed by atoms with E-state index in [0.717, 1.165) is 66.8 Å². The molecule has 0 spiro atoms. The lowest BCUT2D eigenvalue weighted by molar-refractivity contribution is 0.0505. The van der Waals surface area contributed by atoms with Crippen LogP contribution in [0.25, 0.3) is 33.5 Å². The normalized spacial score (nSPS) is 19.7. The van der Waals surface area contributed by atoms with E-state index < -0.39 is 11.7 Å². The highest BCUT2D eigenvalue weighted by atomic mass is 16.6. The summed E-state index contributed by atoms with van der Waals surface area (Å²) in [5.41, 5.74) is 4.40. The monoisotopic (exact) mass is 545 g/mol. The molecule has 2 atom stereocenters. The summed E-state index contributed by atoms with van der Waals surface area (Å²) in [5, 5.41) is 14.4. The first-order chi connectivity index (χ1) is 19.2. The lowest BCUT2D eigenvalue weighted by atomic mass is 10.1. The van der Waals surface area contributed by atoms with Crippen molar-refractivity contribution in [1.82, 2.24) is 30.8 Å². The van der Waals surface area contributed by atoms with E-state index in [-0.39, 0.29) is 18.0 Å². The van der Waals surface area contributed by atoms with Crippen LogP contribution in [0, 0.1) is 0 Å². The molecule has 4 aromatic rings. The molecule has 3 heterocycles. The molecule has 0 radical (unpaired) electrons. The molecule has 2 fully saturated rings. The predicted molar refractivity (Wildman–Crippen MR) is 152 cm³/mol. The van der Waals surface area contributed by atoms with Crippen LogP contribution >= 0.6 is 0 Å². The molecule has 210 valence electrons. The third-order valence-corrected chi connectivity index (χ3v) is 7.38. The number of morpholine rings is 1. The summed E-state index contributed by atoms with van der Waals surface area (Å²) >= 11 is 0. The molecule has 1 aliphatic heterocycles. The first kappa shape index (κ1) is 26.1. The Morgan fingerprint density at radius 2 is 1.80 bits per heavy atom. The van der Waals surface area contributed by atoms with E-state index in [1.165, 1.54) is 0 Å². The summed E-state index contributed by atoms with van der Waals surface area (Å²) in [7, 11) is 0. The number of hydrogen-bond acceptors (Lipinski definition) is 7. The van der Waals surface area contributed by atoms with Gasteiger partial charge in [0.15, 0.2) is 5.82 Å². The number of ether oxygens (including phenoxy) is 2. The lowest BCUT2D eigenvalue weighted by Crippen LogP contribution is -2.39. The van der Waals surface area contributed by atoms with Gasteiger partial charge in [0.1, 0.15) is 11.3 Å². The van der Waals surface area contributed by atoms with Gasteiger partial charge in [0.25, 0.3) is 5.91 Å². The van der Waals surface area contributed by atoms with Gasteiger partial charge < -0.3 is 30.0 Å². The fraction of sp³-hybridized carbons (Fsp3) is 0.448.